The molecule has 8 heteroatoms. The fourth-order valence-corrected chi connectivity index (χ4v) is 2.65. The van der Waals surface area contributed by atoms with Gasteiger partial charge in [-0.05, 0) is 25.0 Å². The summed E-state index contributed by atoms with van der Waals surface area (Å²) < 4.78 is 26.0. The van der Waals surface area contributed by atoms with Crippen molar-refractivity contribution in [2.45, 2.75) is 38.1 Å². The summed E-state index contributed by atoms with van der Waals surface area (Å²) >= 11 is 0. The van der Waals surface area contributed by atoms with E-state index in [-0.39, 0.29) is 17.2 Å². The number of benzene rings is 1. The number of carboxylic acid groups (broad SMARTS) is 1. The Morgan fingerprint density at radius 1 is 1.18 bits per heavy atom. The van der Waals surface area contributed by atoms with E-state index < -0.39 is 28.1 Å². The number of carbonyl (C=O) groups excluding carboxylic acids is 1. The Morgan fingerprint density at radius 3 is 2.18 bits per heavy atom. The van der Waals surface area contributed by atoms with Gasteiger partial charge in [0.25, 0.3) is 10.0 Å². The molecule has 1 rings (SSSR count). The quantitative estimate of drug-likeness (QED) is 0.732. The Balaban J connectivity index is 2.78. The molecule has 0 aromatic heterocycles. The van der Waals surface area contributed by atoms with Gasteiger partial charge in [-0.1, -0.05) is 31.5 Å². The highest BCUT2D eigenvalue weighted by Gasteiger charge is 2.23. The molecular formula is C14H20N2O5S. The Kier molecular flexibility index (Phi) is 5.92. The van der Waals surface area contributed by atoms with Crippen LogP contribution in [-0.4, -0.2) is 31.6 Å². The molecule has 0 fully saturated rings. The number of hydrogen-bond acceptors (Lipinski definition) is 4. The second-order valence-electron chi connectivity index (χ2n) is 5.34. The number of hydrogen-bond donors (Lipinski definition) is 3. The molecule has 1 aromatic rings. The monoisotopic (exact) mass is 328 g/mol. The van der Waals surface area contributed by atoms with Gasteiger partial charge in [-0.25, -0.2) is 17.9 Å². The maximum atomic E-state index is 12.0. The number of amides is 2. The van der Waals surface area contributed by atoms with Gasteiger partial charge in [0.05, 0.1) is 11.3 Å². The maximum Gasteiger partial charge on any atom is 0.328 e. The third-order valence-corrected chi connectivity index (χ3v) is 4.42. The van der Waals surface area contributed by atoms with Gasteiger partial charge < -0.3 is 10.4 Å². The third-order valence-electron chi connectivity index (χ3n) is 3.07. The minimum absolute atomic E-state index is 0.0346. The fourth-order valence-electron chi connectivity index (χ4n) is 1.74. The SMILES string of the molecule is Cc1ccc(S(=O)(=O)NC(=O)NC(CC(=O)O)C(C)C)cc1. The Hall–Kier alpha value is -2.09. The van der Waals surface area contributed by atoms with Gasteiger partial charge in [-0.2, -0.15) is 0 Å². The zero-order valence-corrected chi connectivity index (χ0v) is 13.5. The van der Waals surface area contributed by atoms with Gasteiger partial charge in [0.1, 0.15) is 0 Å². The van der Waals surface area contributed by atoms with Crippen LogP contribution in [0.3, 0.4) is 0 Å². The average molecular weight is 328 g/mol. The minimum Gasteiger partial charge on any atom is -0.481 e. The standard InChI is InChI=1S/C14H20N2O5S/c1-9(2)12(8-13(17)18)15-14(19)16-22(20,21)11-6-4-10(3)5-7-11/h4-7,9,12H,8H2,1-3H3,(H,17,18)(H2,15,16,19). The molecule has 0 aliphatic carbocycles. The second kappa shape index (κ2) is 7.26. The largest absolute Gasteiger partial charge is 0.481 e. The van der Waals surface area contributed by atoms with Crippen molar-refractivity contribution in [3.63, 3.8) is 0 Å². The highest BCUT2D eigenvalue weighted by Crippen LogP contribution is 2.10. The van der Waals surface area contributed by atoms with Crippen molar-refractivity contribution in [1.29, 1.82) is 0 Å². The lowest BCUT2D eigenvalue weighted by Crippen LogP contribution is -2.47. The molecule has 7 nitrogen and oxygen atoms in total. The molecule has 0 aliphatic heterocycles. The van der Waals surface area contributed by atoms with E-state index in [1.807, 2.05) is 11.6 Å². The normalized spacial score (nSPS) is 12.7. The van der Waals surface area contributed by atoms with Gasteiger partial charge in [0, 0.05) is 6.04 Å². The molecule has 0 saturated carbocycles. The number of aryl methyl sites for hydroxylation is 1. The van der Waals surface area contributed by atoms with Crippen LogP contribution in [0.4, 0.5) is 4.79 Å². The summed E-state index contributed by atoms with van der Waals surface area (Å²) in [6, 6.07) is 4.41. The molecule has 3 N–H and O–H groups in total. The summed E-state index contributed by atoms with van der Waals surface area (Å²) in [6.45, 7) is 5.29. The third kappa shape index (κ3) is 5.36. The highest BCUT2D eigenvalue weighted by atomic mass is 32.2. The first-order chi connectivity index (χ1) is 10.1. The topological polar surface area (TPSA) is 113 Å². The first-order valence-electron chi connectivity index (χ1n) is 6.73. The van der Waals surface area contributed by atoms with Crippen molar-refractivity contribution in [2.24, 2.45) is 5.92 Å². The average Bonchev–Trinajstić information content (AvgIpc) is 2.37. The van der Waals surface area contributed by atoms with Crippen LogP contribution in [0, 0.1) is 12.8 Å². The van der Waals surface area contributed by atoms with E-state index in [2.05, 4.69) is 5.32 Å². The van der Waals surface area contributed by atoms with Crippen LogP contribution >= 0.6 is 0 Å². The molecule has 122 valence electrons. The molecular weight excluding hydrogens is 308 g/mol. The summed E-state index contributed by atoms with van der Waals surface area (Å²) in [4.78, 5) is 22.5. The van der Waals surface area contributed by atoms with E-state index in [9.17, 15) is 18.0 Å². The number of rotatable bonds is 6. The summed E-state index contributed by atoms with van der Waals surface area (Å²) in [5.74, 6) is -1.22. The van der Waals surface area contributed by atoms with Gasteiger partial charge in [-0.15, -0.1) is 0 Å². The Labute approximate surface area is 129 Å². The van der Waals surface area contributed by atoms with Crippen LogP contribution in [-0.2, 0) is 14.8 Å². The summed E-state index contributed by atoms with van der Waals surface area (Å²) in [7, 11) is -3.99. The fraction of sp³-hybridized carbons (Fsp3) is 0.429. The lowest BCUT2D eigenvalue weighted by molar-refractivity contribution is -0.137. The van der Waals surface area contributed by atoms with Crippen LogP contribution in [0.5, 0.6) is 0 Å². The molecule has 0 spiro atoms. The first kappa shape index (κ1) is 18.0. The second-order valence-corrected chi connectivity index (χ2v) is 7.02. The number of carbonyl (C=O) groups is 2. The number of nitrogens with one attached hydrogen (secondary N) is 2. The molecule has 0 aliphatic rings. The van der Waals surface area contributed by atoms with Gasteiger partial charge in [0.2, 0.25) is 0 Å². The zero-order chi connectivity index (χ0) is 16.9. The number of carboxylic acids is 1. The van der Waals surface area contributed by atoms with Gasteiger partial charge >= 0.3 is 12.0 Å². The van der Waals surface area contributed by atoms with E-state index in [1.165, 1.54) is 12.1 Å². The molecule has 0 radical (unpaired) electrons. The van der Waals surface area contributed by atoms with Crippen LogP contribution in [0.1, 0.15) is 25.8 Å². The van der Waals surface area contributed by atoms with Crippen LogP contribution in [0.25, 0.3) is 0 Å². The number of urea groups is 1. The van der Waals surface area contributed by atoms with E-state index in [0.717, 1.165) is 5.56 Å². The van der Waals surface area contributed by atoms with Crippen molar-refractivity contribution in [3.8, 4) is 0 Å². The van der Waals surface area contributed by atoms with Crippen LogP contribution < -0.4 is 10.0 Å². The van der Waals surface area contributed by atoms with E-state index in [4.69, 9.17) is 5.11 Å². The molecule has 2 amide bonds. The smallest absolute Gasteiger partial charge is 0.328 e. The molecule has 22 heavy (non-hydrogen) atoms. The lowest BCUT2D eigenvalue weighted by Gasteiger charge is -2.20. The van der Waals surface area contributed by atoms with Crippen LogP contribution in [0.15, 0.2) is 29.2 Å². The Morgan fingerprint density at radius 2 is 1.73 bits per heavy atom. The first-order valence-corrected chi connectivity index (χ1v) is 8.22. The van der Waals surface area contributed by atoms with Crippen molar-refractivity contribution in [3.05, 3.63) is 29.8 Å². The summed E-state index contributed by atoms with van der Waals surface area (Å²) in [5, 5.41) is 11.2. The molecule has 0 bridgehead atoms. The molecule has 1 unspecified atom stereocenters. The van der Waals surface area contributed by atoms with Gasteiger partial charge in [-0.3, -0.25) is 4.79 Å². The van der Waals surface area contributed by atoms with Crippen molar-refractivity contribution in [2.75, 3.05) is 0 Å². The van der Waals surface area contributed by atoms with Crippen molar-refractivity contribution < 1.29 is 23.1 Å². The maximum absolute atomic E-state index is 12.0. The van der Waals surface area contributed by atoms with Gasteiger partial charge in [0.15, 0.2) is 0 Å². The number of sulfonamides is 1. The molecule has 0 saturated heterocycles. The Bertz CT molecular complexity index is 638. The summed E-state index contributed by atoms with van der Waals surface area (Å²) in [6.07, 6.45) is -0.282. The van der Waals surface area contributed by atoms with E-state index in [1.54, 1.807) is 26.0 Å². The predicted octanol–water partition coefficient (Wildman–Crippen LogP) is 1.48. The van der Waals surface area contributed by atoms with E-state index >= 15 is 0 Å². The molecule has 1 aromatic carbocycles. The summed E-state index contributed by atoms with van der Waals surface area (Å²) in [5.41, 5.74) is 0.893. The van der Waals surface area contributed by atoms with Crippen molar-refractivity contribution >= 4 is 22.0 Å². The van der Waals surface area contributed by atoms with E-state index in [0.29, 0.717) is 0 Å². The predicted molar refractivity (Wildman–Crippen MR) is 80.9 cm³/mol. The lowest BCUT2D eigenvalue weighted by atomic mass is 10.0. The van der Waals surface area contributed by atoms with Crippen LogP contribution in [0.2, 0.25) is 0 Å². The highest BCUT2D eigenvalue weighted by molar-refractivity contribution is 7.90. The molecule has 0 heterocycles. The zero-order valence-electron chi connectivity index (χ0n) is 12.7. The van der Waals surface area contributed by atoms with Crippen molar-refractivity contribution in [1.82, 2.24) is 10.0 Å². The number of aliphatic carboxylic acids is 1. The minimum atomic E-state index is -3.99. The molecule has 1 atom stereocenters.